The van der Waals surface area contributed by atoms with Gasteiger partial charge in [0.1, 0.15) is 0 Å². The fourth-order valence-corrected chi connectivity index (χ4v) is 4.46. The summed E-state index contributed by atoms with van der Waals surface area (Å²) in [6.07, 6.45) is 7.79. The summed E-state index contributed by atoms with van der Waals surface area (Å²) in [6.45, 7) is 8.05. The first kappa shape index (κ1) is 22.5. The monoisotopic (exact) mass is 484 g/mol. The van der Waals surface area contributed by atoms with Crippen molar-refractivity contribution in [3.05, 3.63) is 35.9 Å². The average Bonchev–Trinajstić information content (AvgIpc) is 3.12. The first-order valence-corrected chi connectivity index (χ1v) is 10.4. The van der Waals surface area contributed by atoms with Gasteiger partial charge in [-0.2, -0.15) is 0 Å². The first-order valence-electron chi connectivity index (χ1n) is 10.4. The highest BCUT2D eigenvalue weighted by Crippen LogP contribution is 2.36. The maximum Gasteiger partial charge on any atom is 0.191 e. The molecule has 0 amide bonds. The van der Waals surface area contributed by atoms with E-state index in [1.807, 2.05) is 7.05 Å². The van der Waals surface area contributed by atoms with Crippen molar-refractivity contribution in [2.75, 3.05) is 26.7 Å². The van der Waals surface area contributed by atoms with Gasteiger partial charge in [-0.15, -0.1) is 24.0 Å². The van der Waals surface area contributed by atoms with Crippen LogP contribution in [0.3, 0.4) is 0 Å². The van der Waals surface area contributed by atoms with Crippen molar-refractivity contribution in [1.29, 1.82) is 0 Å². The van der Waals surface area contributed by atoms with Crippen molar-refractivity contribution in [3.63, 3.8) is 0 Å². The van der Waals surface area contributed by atoms with E-state index in [0.717, 1.165) is 25.6 Å². The largest absolute Gasteiger partial charge is 0.356 e. The molecule has 1 aliphatic heterocycles. The minimum Gasteiger partial charge on any atom is -0.356 e. The van der Waals surface area contributed by atoms with E-state index in [4.69, 9.17) is 0 Å². The van der Waals surface area contributed by atoms with Crippen LogP contribution in [0.25, 0.3) is 0 Å². The fourth-order valence-electron chi connectivity index (χ4n) is 4.46. The predicted octanol–water partition coefficient (Wildman–Crippen LogP) is 4.58. The minimum absolute atomic E-state index is 0. The SMILES string of the molecule is CN=C(NCC1(C)CCCC1)NC1CCN(C(C)c2ccccc2)CC1.I. The summed E-state index contributed by atoms with van der Waals surface area (Å²) < 4.78 is 0. The molecule has 1 aromatic carbocycles. The Labute approximate surface area is 182 Å². The van der Waals surface area contributed by atoms with Crippen LogP contribution < -0.4 is 10.6 Å². The molecular formula is C22H37IN4. The average molecular weight is 484 g/mol. The van der Waals surface area contributed by atoms with Gasteiger partial charge in [0.05, 0.1) is 0 Å². The van der Waals surface area contributed by atoms with Gasteiger partial charge in [-0.05, 0) is 43.6 Å². The van der Waals surface area contributed by atoms with Gasteiger partial charge in [-0.1, -0.05) is 50.1 Å². The summed E-state index contributed by atoms with van der Waals surface area (Å²) in [5.74, 6) is 0.979. The molecule has 4 nitrogen and oxygen atoms in total. The molecule has 1 saturated carbocycles. The van der Waals surface area contributed by atoms with Gasteiger partial charge in [-0.25, -0.2) is 0 Å². The molecule has 0 radical (unpaired) electrons. The number of hydrogen-bond donors (Lipinski definition) is 2. The molecule has 1 aliphatic carbocycles. The minimum atomic E-state index is 0. The number of hydrogen-bond acceptors (Lipinski definition) is 2. The number of piperidine rings is 1. The number of aliphatic imine (C=N–C) groups is 1. The normalized spacial score (nSPS) is 22.1. The molecule has 1 unspecified atom stereocenters. The topological polar surface area (TPSA) is 39.7 Å². The molecule has 2 fully saturated rings. The van der Waals surface area contributed by atoms with Crippen molar-refractivity contribution in [3.8, 4) is 0 Å². The van der Waals surface area contributed by atoms with E-state index in [1.165, 1.54) is 44.1 Å². The third kappa shape index (κ3) is 6.34. The maximum atomic E-state index is 4.46. The van der Waals surface area contributed by atoms with Crippen molar-refractivity contribution in [2.24, 2.45) is 10.4 Å². The number of nitrogens with one attached hydrogen (secondary N) is 2. The quantitative estimate of drug-likeness (QED) is 0.365. The lowest BCUT2D eigenvalue weighted by Gasteiger charge is -2.37. The van der Waals surface area contributed by atoms with Crippen LogP contribution in [0, 0.1) is 5.41 Å². The summed E-state index contributed by atoms with van der Waals surface area (Å²) in [6, 6.07) is 11.9. The molecule has 0 bridgehead atoms. The van der Waals surface area contributed by atoms with Crippen molar-refractivity contribution < 1.29 is 0 Å². The second kappa shape index (κ2) is 10.6. The molecule has 1 aromatic rings. The summed E-state index contributed by atoms with van der Waals surface area (Å²) >= 11 is 0. The predicted molar refractivity (Wildman–Crippen MR) is 126 cm³/mol. The van der Waals surface area contributed by atoms with E-state index in [-0.39, 0.29) is 24.0 Å². The van der Waals surface area contributed by atoms with Gasteiger partial charge in [0.2, 0.25) is 0 Å². The Bertz CT molecular complexity index is 575. The highest BCUT2D eigenvalue weighted by atomic mass is 127. The lowest BCUT2D eigenvalue weighted by atomic mass is 9.89. The molecule has 27 heavy (non-hydrogen) atoms. The molecule has 2 N–H and O–H groups in total. The van der Waals surface area contributed by atoms with Gasteiger partial charge in [-0.3, -0.25) is 9.89 Å². The highest BCUT2D eigenvalue weighted by molar-refractivity contribution is 14.0. The first-order chi connectivity index (χ1) is 12.6. The Kier molecular flexibility index (Phi) is 8.86. The zero-order chi connectivity index (χ0) is 18.4. The number of halogens is 1. The number of rotatable bonds is 5. The van der Waals surface area contributed by atoms with Crippen molar-refractivity contribution in [2.45, 2.75) is 64.5 Å². The van der Waals surface area contributed by atoms with Crippen molar-refractivity contribution in [1.82, 2.24) is 15.5 Å². The zero-order valence-corrected chi connectivity index (χ0v) is 19.5. The lowest BCUT2D eigenvalue weighted by molar-refractivity contribution is 0.158. The number of benzene rings is 1. The Morgan fingerprint density at radius 3 is 2.41 bits per heavy atom. The van der Waals surface area contributed by atoms with E-state index >= 15 is 0 Å². The van der Waals surface area contributed by atoms with E-state index in [0.29, 0.717) is 17.5 Å². The number of nitrogens with zero attached hydrogens (tertiary/aromatic N) is 2. The summed E-state index contributed by atoms with van der Waals surface area (Å²) in [7, 11) is 1.89. The van der Waals surface area contributed by atoms with E-state index in [9.17, 15) is 0 Å². The standard InChI is InChI=1S/C22H36N4.HI/c1-18(19-9-5-4-6-10-19)26-15-11-20(12-16-26)25-21(23-3)24-17-22(2)13-7-8-14-22;/h4-6,9-10,18,20H,7-8,11-17H2,1-3H3,(H2,23,24,25);1H. The Balaban J connectivity index is 0.00000261. The highest BCUT2D eigenvalue weighted by Gasteiger charge is 2.29. The van der Waals surface area contributed by atoms with Crippen LogP contribution in [-0.2, 0) is 0 Å². The molecule has 0 spiro atoms. The Hall–Kier alpha value is -0.820. The van der Waals surface area contributed by atoms with Gasteiger partial charge in [0, 0.05) is 38.8 Å². The molecule has 152 valence electrons. The van der Waals surface area contributed by atoms with Crippen LogP contribution in [0.1, 0.15) is 64.0 Å². The molecule has 1 atom stereocenters. The smallest absolute Gasteiger partial charge is 0.191 e. The zero-order valence-electron chi connectivity index (χ0n) is 17.2. The van der Waals surface area contributed by atoms with Gasteiger partial charge in [0.15, 0.2) is 5.96 Å². The second-order valence-electron chi connectivity index (χ2n) is 8.48. The molecular weight excluding hydrogens is 447 g/mol. The summed E-state index contributed by atoms with van der Waals surface area (Å²) in [5, 5.41) is 7.24. The third-order valence-corrected chi connectivity index (χ3v) is 6.42. The lowest BCUT2D eigenvalue weighted by Crippen LogP contribution is -2.50. The molecule has 5 heteroatoms. The second-order valence-corrected chi connectivity index (χ2v) is 8.48. The Morgan fingerprint density at radius 1 is 1.19 bits per heavy atom. The van der Waals surface area contributed by atoms with Crippen LogP contribution >= 0.6 is 24.0 Å². The maximum absolute atomic E-state index is 4.46. The van der Waals surface area contributed by atoms with Crippen LogP contribution in [0.2, 0.25) is 0 Å². The Morgan fingerprint density at radius 2 is 1.81 bits per heavy atom. The third-order valence-electron chi connectivity index (χ3n) is 6.42. The number of guanidine groups is 1. The summed E-state index contributed by atoms with van der Waals surface area (Å²) in [4.78, 5) is 7.06. The molecule has 1 saturated heterocycles. The van der Waals surface area contributed by atoms with Gasteiger partial charge >= 0.3 is 0 Å². The fraction of sp³-hybridized carbons (Fsp3) is 0.682. The molecule has 0 aromatic heterocycles. The molecule has 2 aliphatic rings. The van der Waals surface area contributed by atoms with Crippen molar-refractivity contribution >= 4 is 29.9 Å². The van der Waals surface area contributed by atoms with E-state index in [1.54, 1.807) is 0 Å². The van der Waals surface area contributed by atoms with Gasteiger partial charge < -0.3 is 10.6 Å². The molecule has 1 heterocycles. The van der Waals surface area contributed by atoms with Crippen LogP contribution in [0.4, 0.5) is 0 Å². The van der Waals surface area contributed by atoms with Crippen LogP contribution in [0.5, 0.6) is 0 Å². The van der Waals surface area contributed by atoms with Gasteiger partial charge in [0.25, 0.3) is 0 Å². The molecule has 3 rings (SSSR count). The van der Waals surface area contributed by atoms with Crippen LogP contribution in [-0.4, -0.2) is 43.6 Å². The summed E-state index contributed by atoms with van der Waals surface area (Å²) in [5.41, 5.74) is 1.87. The number of likely N-dealkylation sites (tertiary alicyclic amines) is 1. The van der Waals surface area contributed by atoms with E-state index < -0.39 is 0 Å². The van der Waals surface area contributed by atoms with E-state index in [2.05, 4.69) is 64.7 Å². The van der Waals surface area contributed by atoms with Crippen LogP contribution in [0.15, 0.2) is 35.3 Å².